The molecule has 0 saturated carbocycles. The van der Waals surface area contributed by atoms with Crippen LogP contribution >= 0.6 is 15.9 Å². The Hall–Kier alpha value is -1.65. The van der Waals surface area contributed by atoms with E-state index in [-0.39, 0.29) is 5.91 Å². The Kier molecular flexibility index (Phi) is 3.59. The maximum absolute atomic E-state index is 12.3. The van der Waals surface area contributed by atoms with Crippen molar-refractivity contribution in [2.75, 3.05) is 5.32 Å². The number of benzene rings is 2. The molecule has 0 atom stereocenters. The van der Waals surface area contributed by atoms with Gasteiger partial charge in [0.1, 0.15) is 0 Å². The van der Waals surface area contributed by atoms with Crippen LogP contribution < -0.4 is 10.6 Å². The van der Waals surface area contributed by atoms with E-state index >= 15 is 0 Å². The minimum atomic E-state index is -0.0737. The zero-order valence-corrected chi connectivity index (χ0v) is 12.8. The molecule has 2 aromatic rings. The average molecular weight is 331 g/mol. The van der Waals surface area contributed by atoms with E-state index in [1.807, 2.05) is 43.3 Å². The predicted molar refractivity (Wildman–Crippen MR) is 83.8 cm³/mol. The standard InChI is InChI=1S/C16H15BrN2O/c1-10-2-5-14(7-15(10)17)19-16(20)11-3-4-12-8-18-9-13(12)6-11/h2-7,18H,8-9H2,1H3,(H,19,20). The number of anilines is 1. The quantitative estimate of drug-likeness (QED) is 0.883. The fourth-order valence-corrected chi connectivity index (χ4v) is 2.69. The molecule has 0 aliphatic carbocycles. The van der Waals surface area contributed by atoms with Gasteiger partial charge < -0.3 is 10.6 Å². The zero-order chi connectivity index (χ0) is 14.1. The van der Waals surface area contributed by atoms with Crippen LogP contribution in [-0.4, -0.2) is 5.91 Å². The molecule has 1 aliphatic heterocycles. The number of carbonyl (C=O) groups is 1. The summed E-state index contributed by atoms with van der Waals surface area (Å²) >= 11 is 3.47. The summed E-state index contributed by atoms with van der Waals surface area (Å²) in [6.07, 6.45) is 0. The highest BCUT2D eigenvalue weighted by molar-refractivity contribution is 9.10. The maximum atomic E-state index is 12.3. The van der Waals surface area contributed by atoms with Gasteiger partial charge in [-0.3, -0.25) is 4.79 Å². The maximum Gasteiger partial charge on any atom is 0.255 e. The Morgan fingerprint density at radius 3 is 2.75 bits per heavy atom. The lowest BCUT2D eigenvalue weighted by Gasteiger charge is -2.08. The summed E-state index contributed by atoms with van der Waals surface area (Å²) in [5.74, 6) is -0.0737. The van der Waals surface area contributed by atoms with Crippen molar-refractivity contribution in [1.29, 1.82) is 0 Å². The van der Waals surface area contributed by atoms with Crippen molar-refractivity contribution in [3.8, 4) is 0 Å². The van der Waals surface area contributed by atoms with Crippen LogP contribution in [0.3, 0.4) is 0 Å². The van der Waals surface area contributed by atoms with Gasteiger partial charge in [0.2, 0.25) is 0 Å². The number of carbonyl (C=O) groups excluding carboxylic acids is 1. The van der Waals surface area contributed by atoms with E-state index in [4.69, 9.17) is 0 Å². The lowest BCUT2D eigenvalue weighted by Crippen LogP contribution is -2.12. The van der Waals surface area contributed by atoms with Crippen LogP contribution in [0, 0.1) is 6.92 Å². The molecule has 102 valence electrons. The highest BCUT2D eigenvalue weighted by Gasteiger charge is 2.13. The molecule has 0 bridgehead atoms. The fourth-order valence-electron chi connectivity index (χ4n) is 2.31. The van der Waals surface area contributed by atoms with E-state index in [0.29, 0.717) is 5.56 Å². The van der Waals surface area contributed by atoms with E-state index in [2.05, 4.69) is 26.6 Å². The molecule has 0 aromatic heterocycles. The van der Waals surface area contributed by atoms with Crippen molar-refractivity contribution in [2.24, 2.45) is 0 Å². The summed E-state index contributed by atoms with van der Waals surface area (Å²) < 4.78 is 0.994. The normalized spacial score (nSPS) is 13.1. The van der Waals surface area contributed by atoms with E-state index < -0.39 is 0 Å². The Balaban J connectivity index is 1.80. The van der Waals surface area contributed by atoms with Crippen molar-refractivity contribution in [2.45, 2.75) is 20.0 Å². The number of rotatable bonds is 2. The van der Waals surface area contributed by atoms with Gasteiger partial charge in [0.15, 0.2) is 0 Å². The Morgan fingerprint density at radius 1 is 1.15 bits per heavy atom. The third kappa shape index (κ3) is 2.62. The SMILES string of the molecule is Cc1ccc(NC(=O)c2ccc3c(c2)CNC3)cc1Br. The molecular formula is C16H15BrN2O. The molecule has 4 heteroatoms. The number of aryl methyl sites for hydroxylation is 1. The van der Waals surface area contributed by atoms with Crippen LogP contribution in [0.15, 0.2) is 40.9 Å². The van der Waals surface area contributed by atoms with Gasteiger partial charge in [0, 0.05) is 28.8 Å². The molecule has 3 rings (SSSR count). The van der Waals surface area contributed by atoms with E-state index in [1.165, 1.54) is 11.1 Å². The highest BCUT2D eigenvalue weighted by Crippen LogP contribution is 2.22. The van der Waals surface area contributed by atoms with Gasteiger partial charge in [-0.25, -0.2) is 0 Å². The zero-order valence-electron chi connectivity index (χ0n) is 11.2. The summed E-state index contributed by atoms with van der Waals surface area (Å²) in [5.41, 5.74) is 5.13. The molecule has 0 saturated heterocycles. The number of amides is 1. The second-order valence-corrected chi connectivity index (χ2v) is 5.86. The Labute approximate surface area is 126 Å². The molecule has 0 fully saturated rings. The van der Waals surface area contributed by atoms with Crippen molar-refractivity contribution in [3.63, 3.8) is 0 Å². The number of fused-ring (bicyclic) bond motifs is 1. The Bertz CT molecular complexity index is 682. The Morgan fingerprint density at radius 2 is 1.95 bits per heavy atom. The first-order chi connectivity index (χ1) is 9.63. The van der Waals surface area contributed by atoms with Gasteiger partial charge in [-0.15, -0.1) is 0 Å². The second kappa shape index (κ2) is 5.38. The van der Waals surface area contributed by atoms with Crippen LogP contribution in [0.4, 0.5) is 5.69 Å². The largest absolute Gasteiger partial charge is 0.322 e. The number of hydrogen-bond donors (Lipinski definition) is 2. The summed E-state index contributed by atoms with van der Waals surface area (Å²) in [7, 11) is 0. The molecule has 1 heterocycles. The lowest BCUT2D eigenvalue weighted by atomic mass is 10.1. The van der Waals surface area contributed by atoms with Gasteiger partial charge in [0.05, 0.1) is 0 Å². The van der Waals surface area contributed by atoms with Crippen LogP contribution in [0.2, 0.25) is 0 Å². The molecule has 0 spiro atoms. The smallest absolute Gasteiger partial charge is 0.255 e. The molecule has 0 unspecified atom stereocenters. The minimum Gasteiger partial charge on any atom is -0.322 e. The average Bonchev–Trinajstić information content (AvgIpc) is 2.90. The summed E-state index contributed by atoms with van der Waals surface area (Å²) in [5, 5.41) is 6.21. The molecule has 0 radical (unpaired) electrons. The molecule has 2 N–H and O–H groups in total. The monoisotopic (exact) mass is 330 g/mol. The van der Waals surface area contributed by atoms with Gasteiger partial charge in [-0.1, -0.05) is 28.1 Å². The predicted octanol–water partition coefficient (Wildman–Crippen LogP) is 3.61. The van der Waals surface area contributed by atoms with E-state index in [1.54, 1.807) is 0 Å². The van der Waals surface area contributed by atoms with Crippen LogP contribution in [0.25, 0.3) is 0 Å². The van der Waals surface area contributed by atoms with Crippen LogP contribution in [0.5, 0.6) is 0 Å². The molecule has 1 aliphatic rings. The first-order valence-corrected chi connectivity index (χ1v) is 7.33. The van der Waals surface area contributed by atoms with Crippen LogP contribution in [0.1, 0.15) is 27.0 Å². The number of halogens is 1. The van der Waals surface area contributed by atoms with Crippen molar-refractivity contribution >= 4 is 27.5 Å². The summed E-state index contributed by atoms with van der Waals surface area (Å²) in [4.78, 5) is 12.3. The van der Waals surface area contributed by atoms with Gasteiger partial charge in [0.25, 0.3) is 5.91 Å². The number of hydrogen-bond acceptors (Lipinski definition) is 2. The van der Waals surface area contributed by atoms with Crippen molar-refractivity contribution in [3.05, 3.63) is 63.1 Å². The summed E-state index contributed by atoms with van der Waals surface area (Å²) in [6.45, 7) is 3.75. The van der Waals surface area contributed by atoms with Gasteiger partial charge in [-0.2, -0.15) is 0 Å². The first kappa shape index (κ1) is 13.3. The van der Waals surface area contributed by atoms with Crippen molar-refractivity contribution < 1.29 is 4.79 Å². The second-order valence-electron chi connectivity index (χ2n) is 5.01. The van der Waals surface area contributed by atoms with E-state index in [0.717, 1.165) is 28.8 Å². The minimum absolute atomic E-state index is 0.0737. The molecule has 3 nitrogen and oxygen atoms in total. The molecule has 20 heavy (non-hydrogen) atoms. The highest BCUT2D eigenvalue weighted by atomic mass is 79.9. The molecular weight excluding hydrogens is 316 g/mol. The number of nitrogens with one attached hydrogen (secondary N) is 2. The van der Waals surface area contributed by atoms with Gasteiger partial charge >= 0.3 is 0 Å². The fraction of sp³-hybridized carbons (Fsp3) is 0.188. The van der Waals surface area contributed by atoms with Gasteiger partial charge in [-0.05, 0) is 47.9 Å². The van der Waals surface area contributed by atoms with E-state index in [9.17, 15) is 4.79 Å². The third-order valence-corrected chi connectivity index (χ3v) is 4.38. The van der Waals surface area contributed by atoms with Crippen LogP contribution in [-0.2, 0) is 13.1 Å². The topological polar surface area (TPSA) is 41.1 Å². The lowest BCUT2D eigenvalue weighted by molar-refractivity contribution is 0.102. The summed E-state index contributed by atoms with van der Waals surface area (Å²) in [6, 6.07) is 11.7. The van der Waals surface area contributed by atoms with Crippen molar-refractivity contribution in [1.82, 2.24) is 5.32 Å². The third-order valence-electron chi connectivity index (χ3n) is 3.53. The molecule has 1 amide bonds. The molecule has 2 aromatic carbocycles. The first-order valence-electron chi connectivity index (χ1n) is 6.53.